The lowest BCUT2D eigenvalue weighted by Crippen LogP contribution is -1.89. The van der Waals surface area contributed by atoms with Crippen molar-refractivity contribution in [2.45, 2.75) is 6.42 Å². The molecule has 1 rings (SSSR count). The van der Waals surface area contributed by atoms with E-state index < -0.39 is 0 Å². The summed E-state index contributed by atoms with van der Waals surface area (Å²) in [5.74, 6) is 0.807. The second-order valence-electron chi connectivity index (χ2n) is 2.27. The van der Waals surface area contributed by atoms with Crippen LogP contribution in [0.3, 0.4) is 0 Å². The summed E-state index contributed by atoms with van der Waals surface area (Å²) in [6, 6.07) is 7.46. The minimum absolute atomic E-state index is 0.467. The van der Waals surface area contributed by atoms with Gasteiger partial charge < -0.3 is 9.53 Å². The van der Waals surface area contributed by atoms with E-state index in [0.717, 1.165) is 17.6 Å². The van der Waals surface area contributed by atoms with Crippen molar-refractivity contribution in [3.63, 3.8) is 0 Å². The molecule has 0 aliphatic carbocycles. The third kappa shape index (κ3) is 2.66. The number of hydrogen-bond donors (Lipinski definition) is 0. The number of aldehydes is 1. The van der Waals surface area contributed by atoms with Crippen LogP contribution in [0, 0.1) is 0 Å². The average molecular weight is 229 g/mol. The Bertz CT molecular complexity index is 243. The van der Waals surface area contributed by atoms with E-state index >= 15 is 0 Å². The van der Waals surface area contributed by atoms with E-state index in [9.17, 15) is 4.79 Å². The van der Waals surface area contributed by atoms with Crippen molar-refractivity contribution in [1.29, 1.82) is 0 Å². The molecule has 0 unspecified atom stereocenters. The lowest BCUT2D eigenvalue weighted by Gasteiger charge is -2.01. The molecule has 1 aromatic carbocycles. The average Bonchev–Trinajstić information content (AvgIpc) is 2.09. The summed E-state index contributed by atoms with van der Waals surface area (Å²) in [6.07, 6.45) is 1.36. The Labute approximate surface area is 79.7 Å². The molecule has 0 saturated heterocycles. The molecule has 0 fully saturated rings. The molecule has 2 nitrogen and oxygen atoms in total. The SMILES string of the molecule is O=CCc1ccc(OCBr)cc1. The summed E-state index contributed by atoms with van der Waals surface area (Å²) >= 11 is 3.16. The van der Waals surface area contributed by atoms with Gasteiger partial charge in [-0.05, 0) is 33.6 Å². The quantitative estimate of drug-likeness (QED) is 0.584. The molecule has 1 aromatic rings. The number of carbonyl (C=O) groups is 1. The van der Waals surface area contributed by atoms with Gasteiger partial charge in [-0.1, -0.05) is 12.1 Å². The first-order chi connectivity index (χ1) is 5.86. The molecule has 0 aliphatic rings. The van der Waals surface area contributed by atoms with E-state index in [1.54, 1.807) is 0 Å². The predicted octanol–water partition coefficient (Wildman–Crippen LogP) is 2.16. The number of ether oxygens (including phenoxy) is 1. The Morgan fingerprint density at radius 2 is 2.00 bits per heavy atom. The Morgan fingerprint density at radius 1 is 1.33 bits per heavy atom. The Kier molecular flexibility index (Phi) is 3.80. The minimum atomic E-state index is 0.467. The maximum Gasteiger partial charge on any atom is 0.143 e. The molecular formula is C9H9BrO2. The van der Waals surface area contributed by atoms with E-state index in [2.05, 4.69) is 15.9 Å². The van der Waals surface area contributed by atoms with E-state index in [1.165, 1.54) is 0 Å². The van der Waals surface area contributed by atoms with Gasteiger partial charge in [0.05, 0.1) is 0 Å². The molecule has 64 valence electrons. The largest absolute Gasteiger partial charge is 0.482 e. The van der Waals surface area contributed by atoms with Gasteiger partial charge in [-0.15, -0.1) is 0 Å². The summed E-state index contributed by atoms with van der Waals surface area (Å²) in [5.41, 5.74) is 1.49. The lowest BCUT2D eigenvalue weighted by atomic mass is 10.2. The van der Waals surface area contributed by atoms with Crippen LogP contribution < -0.4 is 4.74 Å². The second-order valence-corrected chi connectivity index (χ2v) is 2.73. The monoisotopic (exact) mass is 228 g/mol. The molecule has 3 heteroatoms. The summed E-state index contributed by atoms with van der Waals surface area (Å²) in [5, 5.41) is 0. The molecule has 12 heavy (non-hydrogen) atoms. The molecule has 0 heterocycles. The van der Waals surface area contributed by atoms with Gasteiger partial charge in [-0.2, -0.15) is 0 Å². The van der Waals surface area contributed by atoms with Crippen LogP contribution in [0.15, 0.2) is 24.3 Å². The van der Waals surface area contributed by atoms with Crippen LogP contribution in [0.2, 0.25) is 0 Å². The fraction of sp³-hybridized carbons (Fsp3) is 0.222. The number of benzene rings is 1. The van der Waals surface area contributed by atoms with Crippen LogP contribution in [-0.4, -0.2) is 11.8 Å². The van der Waals surface area contributed by atoms with Crippen LogP contribution >= 0.6 is 15.9 Å². The van der Waals surface area contributed by atoms with Gasteiger partial charge in [0.2, 0.25) is 0 Å². The third-order valence-electron chi connectivity index (χ3n) is 1.46. The molecule has 0 amide bonds. The van der Waals surface area contributed by atoms with E-state index in [4.69, 9.17) is 4.74 Å². The van der Waals surface area contributed by atoms with Gasteiger partial charge in [-0.3, -0.25) is 0 Å². The second kappa shape index (κ2) is 4.93. The number of carbonyl (C=O) groups excluding carboxylic acids is 1. The molecule has 0 aliphatic heterocycles. The fourth-order valence-corrected chi connectivity index (χ4v) is 1.15. The van der Waals surface area contributed by atoms with Gasteiger partial charge in [0.15, 0.2) is 0 Å². The summed E-state index contributed by atoms with van der Waals surface area (Å²) in [7, 11) is 0. The smallest absolute Gasteiger partial charge is 0.143 e. The molecule has 0 saturated carbocycles. The summed E-state index contributed by atoms with van der Waals surface area (Å²) in [4.78, 5) is 10.1. The molecular weight excluding hydrogens is 220 g/mol. The number of alkyl halides is 1. The lowest BCUT2D eigenvalue weighted by molar-refractivity contribution is -0.107. The fourth-order valence-electron chi connectivity index (χ4n) is 0.881. The highest BCUT2D eigenvalue weighted by atomic mass is 79.9. The van der Waals surface area contributed by atoms with Gasteiger partial charge >= 0.3 is 0 Å². The zero-order valence-corrected chi connectivity index (χ0v) is 8.08. The third-order valence-corrected chi connectivity index (χ3v) is 1.69. The normalized spacial score (nSPS) is 9.42. The van der Waals surface area contributed by atoms with E-state index in [-0.39, 0.29) is 0 Å². The van der Waals surface area contributed by atoms with Crippen molar-refractivity contribution < 1.29 is 9.53 Å². The van der Waals surface area contributed by atoms with Crippen LogP contribution in [-0.2, 0) is 11.2 Å². The van der Waals surface area contributed by atoms with Crippen molar-refractivity contribution in [3.05, 3.63) is 29.8 Å². The summed E-state index contributed by atoms with van der Waals surface area (Å²) in [6.45, 7) is 0. The highest BCUT2D eigenvalue weighted by Crippen LogP contribution is 2.12. The molecule has 0 aromatic heterocycles. The van der Waals surface area contributed by atoms with Crippen molar-refractivity contribution >= 4 is 22.2 Å². The highest BCUT2D eigenvalue weighted by Gasteiger charge is 1.93. The van der Waals surface area contributed by atoms with E-state index in [0.29, 0.717) is 11.9 Å². The van der Waals surface area contributed by atoms with Crippen LogP contribution in [0.5, 0.6) is 5.75 Å². The van der Waals surface area contributed by atoms with Crippen molar-refractivity contribution in [2.24, 2.45) is 0 Å². The molecule has 0 bridgehead atoms. The molecule has 0 atom stereocenters. The highest BCUT2D eigenvalue weighted by molar-refractivity contribution is 9.09. The van der Waals surface area contributed by atoms with Gasteiger partial charge in [0, 0.05) is 6.42 Å². The van der Waals surface area contributed by atoms with Crippen LogP contribution in [0.25, 0.3) is 0 Å². The van der Waals surface area contributed by atoms with Crippen LogP contribution in [0.1, 0.15) is 5.56 Å². The van der Waals surface area contributed by atoms with Crippen molar-refractivity contribution in [3.8, 4) is 5.75 Å². The Morgan fingerprint density at radius 3 is 2.50 bits per heavy atom. The number of halogens is 1. The first-order valence-corrected chi connectivity index (χ1v) is 4.70. The number of hydrogen-bond acceptors (Lipinski definition) is 2. The predicted molar refractivity (Wildman–Crippen MR) is 50.6 cm³/mol. The molecule has 0 radical (unpaired) electrons. The Hall–Kier alpha value is -0.830. The topological polar surface area (TPSA) is 26.3 Å². The maximum atomic E-state index is 10.1. The van der Waals surface area contributed by atoms with Crippen molar-refractivity contribution in [2.75, 3.05) is 5.52 Å². The minimum Gasteiger partial charge on any atom is -0.482 e. The Balaban J connectivity index is 2.64. The maximum absolute atomic E-state index is 10.1. The molecule has 0 N–H and O–H groups in total. The zero-order valence-electron chi connectivity index (χ0n) is 6.50. The number of rotatable bonds is 4. The van der Waals surface area contributed by atoms with Crippen molar-refractivity contribution in [1.82, 2.24) is 0 Å². The summed E-state index contributed by atoms with van der Waals surface area (Å²) < 4.78 is 5.17. The van der Waals surface area contributed by atoms with Gasteiger partial charge in [0.25, 0.3) is 0 Å². The first kappa shape index (κ1) is 9.26. The standard InChI is InChI=1S/C9H9BrO2/c10-7-12-9-3-1-8(2-4-9)5-6-11/h1-4,6H,5,7H2. The molecule has 0 spiro atoms. The first-order valence-electron chi connectivity index (χ1n) is 3.58. The van der Waals surface area contributed by atoms with Gasteiger partial charge in [0.1, 0.15) is 17.6 Å². The van der Waals surface area contributed by atoms with Gasteiger partial charge in [-0.25, -0.2) is 0 Å². The zero-order chi connectivity index (χ0) is 8.81. The van der Waals surface area contributed by atoms with Crippen LogP contribution in [0.4, 0.5) is 0 Å². The van der Waals surface area contributed by atoms with E-state index in [1.807, 2.05) is 24.3 Å².